The van der Waals surface area contributed by atoms with Crippen molar-refractivity contribution in [2.45, 2.75) is 27.3 Å². The highest BCUT2D eigenvalue weighted by atomic mass is 16.5. The molecule has 0 aliphatic rings. The molecule has 3 aromatic carbocycles. The van der Waals surface area contributed by atoms with Crippen molar-refractivity contribution in [1.82, 2.24) is 4.98 Å². The van der Waals surface area contributed by atoms with Crippen LogP contribution in [-0.4, -0.2) is 18.0 Å². The first-order valence-electron chi connectivity index (χ1n) is 10.5. The van der Waals surface area contributed by atoms with Crippen LogP contribution in [0.15, 0.2) is 71.5 Å². The summed E-state index contributed by atoms with van der Waals surface area (Å²) in [6.07, 6.45) is 0. The third-order valence-corrected chi connectivity index (χ3v) is 5.79. The molecule has 0 fully saturated rings. The maximum absolute atomic E-state index is 13.7. The highest BCUT2D eigenvalue weighted by Gasteiger charge is 2.23. The fourth-order valence-corrected chi connectivity index (χ4v) is 3.80. The quantitative estimate of drug-likeness (QED) is 0.470. The number of pyridine rings is 1. The lowest BCUT2D eigenvalue weighted by atomic mass is 10.1. The van der Waals surface area contributed by atoms with Crippen LogP contribution in [0.5, 0.6) is 5.75 Å². The molecule has 0 bridgehead atoms. The van der Waals surface area contributed by atoms with Gasteiger partial charge >= 0.3 is 0 Å². The third kappa shape index (κ3) is 4.14. The van der Waals surface area contributed by atoms with E-state index in [0.29, 0.717) is 16.9 Å². The van der Waals surface area contributed by atoms with E-state index in [0.717, 1.165) is 33.3 Å². The van der Waals surface area contributed by atoms with E-state index in [1.54, 1.807) is 30.2 Å². The number of carbonyl (C=O) groups is 1. The van der Waals surface area contributed by atoms with E-state index in [9.17, 15) is 9.59 Å². The Balaban J connectivity index is 1.83. The van der Waals surface area contributed by atoms with Gasteiger partial charge in [0.2, 0.25) is 0 Å². The Morgan fingerprint density at radius 1 is 0.938 bits per heavy atom. The Hall–Kier alpha value is -3.86. The first kappa shape index (κ1) is 21.4. The molecule has 0 spiro atoms. The highest BCUT2D eigenvalue weighted by molar-refractivity contribution is 6.08. The number of fused-ring (bicyclic) bond motifs is 1. The van der Waals surface area contributed by atoms with Gasteiger partial charge in [0.1, 0.15) is 5.75 Å². The zero-order valence-electron chi connectivity index (χ0n) is 18.7. The molecule has 5 nitrogen and oxygen atoms in total. The van der Waals surface area contributed by atoms with Crippen molar-refractivity contribution in [2.75, 3.05) is 12.0 Å². The molecule has 0 radical (unpaired) electrons. The van der Waals surface area contributed by atoms with Gasteiger partial charge in [0.05, 0.1) is 19.2 Å². The van der Waals surface area contributed by atoms with Crippen molar-refractivity contribution >= 4 is 22.5 Å². The smallest absolute Gasteiger partial charge is 0.262 e. The van der Waals surface area contributed by atoms with Gasteiger partial charge in [-0.3, -0.25) is 9.59 Å². The number of para-hydroxylation sites is 1. The summed E-state index contributed by atoms with van der Waals surface area (Å²) >= 11 is 0. The monoisotopic (exact) mass is 426 g/mol. The van der Waals surface area contributed by atoms with Crippen molar-refractivity contribution in [3.8, 4) is 5.75 Å². The van der Waals surface area contributed by atoms with Gasteiger partial charge in [-0.2, -0.15) is 0 Å². The van der Waals surface area contributed by atoms with Crippen LogP contribution in [0.1, 0.15) is 32.6 Å². The van der Waals surface area contributed by atoms with Crippen molar-refractivity contribution in [3.05, 3.63) is 105 Å². The van der Waals surface area contributed by atoms with E-state index in [1.165, 1.54) is 0 Å². The number of hydrogen-bond acceptors (Lipinski definition) is 3. The van der Waals surface area contributed by atoms with E-state index >= 15 is 0 Å². The molecule has 0 saturated heterocycles. The number of aromatic amines is 1. The van der Waals surface area contributed by atoms with Crippen LogP contribution in [0, 0.1) is 20.8 Å². The summed E-state index contributed by atoms with van der Waals surface area (Å²) in [7, 11) is 1.54. The molecule has 0 unspecified atom stereocenters. The van der Waals surface area contributed by atoms with Crippen molar-refractivity contribution in [1.29, 1.82) is 0 Å². The van der Waals surface area contributed by atoms with Gasteiger partial charge in [-0.05, 0) is 79.7 Å². The minimum absolute atomic E-state index is 0.137. The molecule has 0 aliphatic heterocycles. The standard InChI is InChI=1S/C27H26N2O3/c1-17-9-12-24-20(13-17)15-21(26(30)28-24)16-29(22-11-10-18(2)19(3)14-22)27(31)23-7-5-6-8-25(23)32-4/h5-15H,16H2,1-4H3,(H,28,30). The zero-order valence-corrected chi connectivity index (χ0v) is 18.7. The second kappa shape index (κ2) is 8.71. The lowest BCUT2D eigenvalue weighted by Crippen LogP contribution is -2.33. The van der Waals surface area contributed by atoms with E-state index in [1.807, 2.05) is 69.3 Å². The average Bonchev–Trinajstić information content (AvgIpc) is 2.79. The summed E-state index contributed by atoms with van der Waals surface area (Å²) in [6.45, 7) is 6.19. The lowest BCUT2D eigenvalue weighted by molar-refractivity contribution is 0.0982. The number of hydrogen-bond donors (Lipinski definition) is 1. The Morgan fingerprint density at radius 3 is 2.47 bits per heavy atom. The van der Waals surface area contributed by atoms with Gasteiger partial charge < -0.3 is 14.6 Å². The van der Waals surface area contributed by atoms with Gasteiger partial charge in [0, 0.05) is 16.8 Å². The van der Waals surface area contributed by atoms with Crippen LogP contribution in [0.4, 0.5) is 5.69 Å². The van der Waals surface area contributed by atoms with Crippen molar-refractivity contribution < 1.29 is 9.53 Å². The number of ether oxygens (including phenoxy) is 1. The fraction of sp³-hybridized carbons (Fsp3) is 0.185. The molecule has 162 valence electrons. The predicted octanol–water partition coefficient (Wildman–Crippen LogP) is 5.31. The summed E-state index contributed by atoms with van der Waals surface area (Å²) < 4.78 is 5.42. The molecule has 1 amide bonds. The van der Waals surface area contributed by atoms with Crippen LogP contribution in [0.25, 0.3) is 10.9 Å². The minimum Gasteiger partial charge on any atom is -0.496 e. The molecule has 4 rings (SSSR count). The summed E-state index contributed by atoms with van der Waals surface area (Å²) in [5.74, 6) is 0.267. The largest absolute Gasteiger partial charge is 0.496 e. The van der Waals surface area contributed by atoms with Gasteiger partial charge in [-0.15, -0.1) is 0 Å². The molecule has 5 heteroatoms. The Morgan fingerprint density at radius 2 is 1.72 bits per heavy atom. The molecule has 1 aromatic heterocycles. The van der Waals surface area contributed by atoms with Crippen LogP contribution in [-0.2, 0) is 6.54 Å². The van der Waals surface area contributed by atoms with Gasteiger partial charge in [0.15, 0.2) is 0 Å². The number of benzene rings is 3. The first-order valence-corrected chi connectivity index (χ1v) is 10.5. The normalized spacial score (nSPS) is 10.9. The third-order valence-electron chi connectivity index (χ3n) is 5.79. The second-order valence-electron chi connectivity index (χ2n) is 8.07. The lowest BCUT2D eigenvalue weighted by Gasteiger charge is -2.24. The number of anilines is 1. The Bertz CT molecular complexity index is 1370. The predicted molar refractivity (Wildman–Crippen MR) is 129 cm³/mol. The van der Waals surface area contributed by atoms with Crippen LogP contribution >= 0.6 is 0 Å². The molecule has 32 heavy (non-hydrogen) atoms. The number of H-pyrrole nitrogens is 1. The zero-order chi connectivity index (χ0) is 22.8. The van der Waals surface area contributed by atoms with E-state index in [4.69, 9.17) is 4.74 Å². The fourth-order valence-electron chi connectivity index (χ4n) is 3.80. The van der Waals surface area contributed by atoms with Crippen molar-refractivity contribution in [2.24, 2.45) is 0 Å². The number of nitrogens with zero attached hydrogens (tertiary/aromatic N) is 1. The maximum atomic E-state index is 13.7. The Labute approximate surface area is 187 Å². The summed E-state index contributed by atoms with van der Waals surface area (Å²) in [4.78, 5) is 31.1. The number of aromatic nitrogens is 1. The number of nitrogens with one attached hydrogen (secondary N) is 1. The van der Waals surface area contributed by atoms with Gasteiger partial charge in [0.25, 0.3) is 11.5 Å². The highest BCUT2D eigenvalue weighted by Crippen LogP contribution is 2.26. The molecule has 1 heterocycles. The topological polar surface area (TPSA) is 62.4 Å². The van der Waals surface area contributed by atoms with Gasteiger partial charge in [-0.25, -0.2) is 0 Å². The number of aryl methyl sites for hydroxylation is 3. The van der Waals surface area contributed by atoms with E-state index in [2.05, 4.69) is 4.98 Å². The molecule has 0 atom stereocenters. The number of carbonyl (C=O) groups excluding carboxylic acids is 1. The van der Waals surface area contributed by atoms with Gasteiger partial charge in [-0.1, -0.05) is 29.8 Å². The molecule has 0 aliphatic carbocycles. The van der Waals surface area contributed by atoms with E-state index in [-0.39, 0.29) is 18.0 Å². The van der Waals surface area contributed by atoms with Crippen molar-refractivity contribution in [3.63, 3.8) is 0 Å². The maximum Gasteiger partial charge on any atom is 0.262 e. The Kier molecular flexibility index (Phi) is 5.82. The minimum atomic E-state index is -0.227. The second-order valence-corrected chi connectivity index (χ2v) is 8.07. The molecule has 4 aromatic rings. The van der Waals surface area contributed by atoms with E-state index < -0.39 is 0 Å². The number of rotatable bonds is 5. The summed E-state index contributed by atoms with van der Waals surface area (Å²) in [5, 5.41) is 0.935. The molecule has 0 saturated carbocycles. The summed E-state index contributed by atoms with van der Waals surface area (Å²) in [6, 6.07) is 20.8. The average molecular weight is 427 g/mol. The molecular formula is C27H26N2O3. The summed E-state index contributed by atoms with van der Waals surface area (Å²) in [5.41, 5.74) is 5.58. The molecular weight excluding hydrogens is 400 g/mol. The number of methoxy groups -OCH3 is 1. The van der Waals surface area contributed by atoms with Crippen LogP contribution < -0.4 is 15.2 Å². The first-order chi connectivity index (χ1) is 15.4. The van der Waals surface area contributed by atoms with Crippen LogP contribution in [0.2, 0.25) is 0 Å². The number of amides is 1. The van der Waals surface area contributed by atoms with Crippen LogP contribution in [0.3, 0.4) is 0 Å². The molecule has 1 N–H and O–H groups in total. The SMILES string of the molecule is COc1ccccc1C(=O)N(Cc1cc2cc(C)ccc2[nH]c1=O)c1ccc(C)c(C)c1.